The molecule has 0 saturated carbocycles. The molecule has 16 heavy (non-hydrogen) atoms. The van der Waals surface area contributed by atoms with Crippen LogP contribution in [0.4, 0.5) is 0 Å². The van der Waals surface area contributed by atoms with E-state index in [1.165, 1.54) is 0 Å². The summed E-state index contributed by atoms with van der Waals surface area (Å²) < 4.78 is 0. The van der Waals surface area contributed by atoms with Crippen molar-refractivity contribution in [1.29, 1.82) is 0 Å². The number of carboxylic acids is 1. The molecule has 1 N–H and O–H groups in total. The lowest BCUT2D eigenvalue weighted by atomic mass is 9.80. The van der Waals surface area contributed by atoms with E-state index in [-0.39, 0.29) is 12.2 Å². The second kappa shape index (κ2) is 3.74. The highest BCUT2D eigenvalue weighted by atomic mass is 16.4. The van der Waals surface area contributed by atoms with Gasteiger partial charge < -0.3 is 5.11 Å². The maximum absolute atomic E-state index is 11.8. The minimum absolute atomic E-state index is 0.0447. The molecule has 0 aliphatic heterocycles. The highest BCUT2D eigenvalue weighted by Gasteiger charge is 2.30. The molecule has 1 aromatic carbocycles. The Hall–Kier alpha value is -1.64. The minimum atomic E-state index is -0.875. The monoisotopic (exact) mass is 218 g/mol. The molecule has 1 unspecified atom stereocenters. The number of Topliss-reactive ketones (excluding diaryl/α,β-unsaturated/α-hetero) is 1. The number of aliphatic carboxylic acids is 1. The third-order valence-corrected chi connectivity index (χ3v) is 3.40. The van der Waals surface area contributed by atoms with E-state index in [9.17, 15) is 9.59 Å². The summed E-state index contributed by atoms with van der Waals surface area (Å²) in [6.45, 7) is 3.93. The first kappa shape index (κ1) is 10.9. The first-order chi connectivity index (χ1) is 7.50. The molecule has 0 saturated heterocycles. The molecule has 0 amide bonds. The van der Waals surface area contributed by atoms with Crippen LogP contribution in [0.2, 0.25) is 0 Å². The van der Waals surface area contributed by atoms with Crippen molar-refractivity contribution in [3.63, 3.8) is 0 Å². The number of hydrogen-bond acceptors (Lipinski definition) is 2. The van der Waals surface area contributed by atoms with Crippen LogP contribution >= 0.6 is 0 Å². The smallest absolute Gasteiger partial charge is 0.307 e. The van der Waals surface area contributed by atoms with E-state index in [0.717, 1.165) is 16.7 Å². The van der Waals surface area contributed by atoms with Crippen LogP contribution in [0.25, 0.3) is 0 Å². The van der Waals surface area contributed by atoms with Crippen molar-refractivity contribution < 1.29 is 14.7 Å². The highest BCUT2D eigenvalue weighted by molar-refractivity contribution is 6.01. The Morgan fingerprint density at radius 3 is 2.62 bits per heavy atom. The van der Waals surface area contributed by atoms with Gasteiger partial charge in [-0.1, -0.05) is 12.1 Å². The molecule has 2 rings (SSSR count). The van der Waals surface area contributed by atoms with E-state index < -0.39 is 11.9 Å². The summed E-state index contributed by atoms with van der Waals surface area (Å²) in [6, 6.07) is 3.74. The Bertz CT molecular complexity index is 474. The predicted molar refractivity (Wildman–Crippen MR) is 59.7 cm³/mol. The number of hydrogen-bond donors (Lipinski definition) is 1. The Morgan fingerprint density at radius 2 is 2.00 bits per heavy atom. The van der Waals surface area contributed by atoms with Gasteiger partial charge in [0.15, 0.2) is 5.78 Å². The number of fused-ring (bicyclic) bond motifs is 1. The lowest BCUT2D eigenvalue weighted by Crippen LogP contribution is -2.27. The Kier molecular flexibility index (Phi) is 2.54. The summed E-state index contributed by atoms with van der Waals surface area (Å²) in [5.74, 6) is -1.47. The topological polar surface area (TPSA) is 54.4 Å². The van der Waals surface area contributed by atoms with E-state index in [0.29, 0.717) is 12.0 Å². The van der Waals surface area contributed by atoms with Gasteiger partial charge in [0.1, 0.15) is 0 Å². The van der Waals surface area contributed by atoms with Gasteiger partial charge in [0.05, 0.1) is 5.92 Å². The molecule has 3 heteroatoms. The molecule has 84 valence electrons. The second-order valence-corrected chi connectivity index (χ2v) is 4.40. The van der Waals surface area contributed by atoms with Crippen molar-refractivity contribution in [2.24, 2.45) is 5.92 Å². The van der Waals surface area contributed by atoms with Crippen molar-refractivity contribution in [2.75, 3.05) is 0 Å². The number of aryl methyl sites for hydroxylation is 1. The van der Waals surface area contributed by atoms with Crippen molar-refractivity contribution in [1.82, 2.24) is 0 Å². The number of carboxylic acid groups (broad SMARTS) is 1. The average molecular weight is 218 g/mol. The van der Waals surface area contributed by atoms with Crippen LogP contribution in [0.3, 0.4) is 0 Å². The normalized spacial score (nSPS) is 19.4. The van der Waals surface area contributed by atoms with Gasteiger partial charge in [-0.05, 0) is 37.0 Å². The molecule has 1 aromatic rings. The van der Waals surface area contributed by atoms with Crippen molar-refractivity contribution in [2.45, 2.75) is 26.7 Å². The number of benzene rings is 1. The van der Waals surface area contributed by atoms with Gasteiger partial charge in [-0.2, -0.15) is 0 Å². The summed E-state index contributed by atoms with van der Waals surface area (Å²) in [5.41, 5.74) is 3.79. The minimum Gasteiger partial charge on any atom is -0.481 e. The maximum atomic E-state index is 11.8. The highest BCUT2D eigenvalue weighted by Crippen LogP contribution is 2.29. The molecular weight excluding hydrogens is 204 g/mol. The van der Waals surface area contributed by atoms with Crippen molar-refractivity contribution in [3.05, 3.63) is 34.4 Å². The van der Waals surface area contributed by atoms with Gasteiger partial charge >= 0.3 is 5.97 Å². The zero-order valence-electron chi connectivity index (χ0n) is 9.41. The largest absolute Gasteiger partial charge is 0.481 e. The molecule has 0 radical (unpaired) electrons. The lowest BCUT2D eigenvalue weighted by molar-refractivity contribution is -0.141. The average Bonchev–Trinajstić information content (AvgIpc) is 2.23. The Morgan fingerprint density at radius 1 is 1.31 bits per heavy atom. The van der Waals surface area contributed by atoms with Crippen molar-refractivity contribution in [3.8, 4) is 0 Å². The zero-order valence-corrected chi connectivity index (χ0v) is 9.41. The van der Waals surface area contributed by atoms with Gasteiger partial charge in [0.2, 0.25) is 0 Å². The van der Waals surface area contributed by atoms with Crippen LogP contribution in [-0.4, -0.2) is 16.9 Å². The fourth-order valence-corrected chi connectivity index (χ4v) is 2.23. The van der Waals surface area contributed by atoms with Crippen LogP contribution in [0.1, 0.15) is 33.5 Å². The SMILES string of the molecule is Cc1ccc2c(c1C)CC(C(=O)O)CC2=O. The number of carbonyl (C=O) groups is 2. The molecule has 0 aromatic heterocycles. The molecule has 0 heterocycles. The van der Waals surface area contributed by atoms with Crippen LogP contribution in [0, 0.1) is 19.8 Å². The fraction of sp³-hybridized carbons (Fsp3) is 0.385. The first-order valence-electron chi connectivity index (χ1n) is 5.35. The van der Waals surface area contributed by atoms with Gasteiger partial charge in [-0.25, -0.2) is 0 Å². The molecule has 3 nitrogen and oxygen atoms in total. The fourth-order valence-electron chi connectivity index (χ4n) is 2.23. The molecule has 1 aliphatic carbocycles. The summed E-state index contributed by atoms with van der Waals surface area (Å²) in [4.78, 5) is 22.8. The van der Waals surface area contributed by atoms with Crippen molar-refractivity contribution >= 4 is 11.8 Å². The zero-order chi connectivity index (χ0) is 11.9. The van der Waals surface area contributed by atoms with E-state index in [4.69, 9.17) is 5.11 Å². The van der Waals surface area contributed by atoms with Gasteiger partial charge in [0, 0.05) is 12.0 Å². The maximum Gasteiger partial charge on any atom is 0.307 e. The second-order valence-electron chi connectivity index (χ2n) is 4.40. The number of carbonyl (C=O) groups excluding carboxylic acids is 1. The molecule has 0 bridgehead atoms. The molecule has 1 aliphatic rings. The lowest BCUT2D eigenvalue weighted by Gasteiger charge is -2.23. The standard InChI is InChI=1S/C13H14O3/c1-7-3-4-10-11(8(7)2)5-9(13(15)16)6-12(10)14/h3-4,9H,5-6H2,1-2H3,(H,15,16). The van der Waals surface area contributed by atoms with E-state index in [2.05, 4.69) is 0 Å². The third-order valence-electron chi connectivity index (χ3n) is 3.40. The van der Waals surface area contributed by atoms with Crippen LogP contribution in [0.5, 0.6) is 0 Å². The molecule has 1 atom stereocenters. The summed E-state index contributed by atoms with van der Waals surface area (Å²) in [7, 11) is 0. The van der Waals surface area contributed by atoms with Crippen LogP contribution in [0.15, 0.2) is 12.1 Å². The summed E-state index contributed by atoms with van der Waals surface area (Å²) >= 11 is 0. The van der Waals surface area contributed by atoms with Gasteiger partial charge in [0.25, 0.3) is 0 Å². The Balaban J connectivity index is 2.51. The Labute approximate surface area is 94.1 Å². The molecular formula is C13H14O3. The van der Waals surface area contributed by atoms with E-state index in [1.807, 2.05) is 26.0 Å². The number of ketones is 1. The first-order valence-corrected chi connectivity index (χ1v) is 5.35. The quantitative estimate of drug-likeness (QED) is 0.785. The summed E-state index contributed by atoms with van der Waals surface area (Å²) in [6.07, 6.45) is 0.606. The van der Waals surface area contributed by atoms with Crippen LogP contribution < -0.4 is 0 Å². The van der Waals surface area contributed by atoms with E-state index in [1.54, 1.807) is 0 Å². The number of rotatable bonds is 1. The van der Waals surface area contributed by atoms with Gasteiger partial charge in [-0.15, -0.1) is 0 Å². The van der Waals surface area contributed by atoms with Crippen LogP contribution in [-0.2, 0) is 11.2 Å². The predicted octanol–water partition coefficient (Wildman–Crippen LogP) is 2.13. The van der Waals surface area contributed by atoms with E-state index >= 15 is 0 Å². The third kappa shape index (κ3) is 1.62. The molecule has 0 spiro atoms. The van der Waals surface area contributed by atoms with Gasteiger partial charge in [-0.3, -0.25) is 9.59 Å². The molecule has 0 fully saturated rings. The summed E-state index contributed by atoms with van der Waals surface area (Å²) in [5, 5.41) is 8.99.